The van der Waals surface area contributed by atoms with E-state index < -0.39 is 18.5 Å². The third-order valence-corrected chi connectivity index (χ3v) is 0. The van der Waals surface area contributed by atoms with E-state index in [2.05, 4.69) is 0 Å². The standard InChI is InChI=1S/3CH2O3.Ca.W/c3*2-1(3)4;;/h3*(H2,2,3,4);;/q;;;+2;/p-6. The van der Waals surface area contributed by atoms with Crippen LogP contribution in [0.2, 0.25) is 0 Å². The van der Waals surface area contributed by atoms with E-state index in [1.807, 2.05) is 0 Å². The van der Waals surface area contributed by atoms with Gasteiger partial charge in [-0.3, -0.25) is 0 Å². The molecule has 0 fully saturated rings. The summed E-state index contributed by atoms with van der Waals surface area (Å²) in [5.74, 6) is 0. The summed E-state index contributed by atoms with van der Waals surface area (Å²) in [6.07, 6.45) is -7.00. The molecule has 0 radical (unpaired) electrons. The molecule has 0 unspecified atom stereocenters. The Labute approximate surface area is 121 Å². The molecular weight excluding hydrogens is 404 g/mol. The molecule has 0 amide bonds. The van der Waals surface area contributed by atoms with Gasteiger partial charge in [-0.05, 0) is 18.5 Å². The van der Waals surface area contributed by atoms with Crippen molar-refractivity contribution >= 4 is 56.2 Å². The van der Waals surface area contributed by atoms with E-state index in [-0.39, 0.29) is 58.8 Å². The van der Waals surface area contributed by atoms with E-state index in [0.717, 1.165) is 0 Å². The third kappa shape index (κ3) is 23200. The van der Waals surface area contributed by atoms with Gasteiger partial charge in [0.15, 0.2) is 0 Å². The molecule has 0 saturated carbocycles. The molecule has 0 aliphatic rings. The summed E-state index contributed by atoms with van der Waals surface area (Å²) in [6.45, 7) is 0. The van der Waals surface area contributed by atoms with Crippen LogP contribution in [-0.4, -0.2) is 56.2 Å². The van der Waals surface area contributed by atoms with Gasteiger partial charge in [0.05, 0.1) is 0 Å². The Morgan fingerprint density at radius 3 is 0.571 bits per heavy atom. The van der Waals surface area contributed by atoms with Crippen LogP contribution in [0, 0.1) is 0 Å². The molecule has 0 aromatic rings. The largest absolute Gasteiger partial charge is 2.00 e. The molecule has 0 saturated heterocycles. The fourth-order valence-corrected chi connectivity index (χ4v) is 0. The first kappa shape index (κ1) is 29.2. The minimum atomic E-state index is -2.33. The Kier molecular flexibility index (Phi) is 48.0. The minimum Gasteiger partial charge on any atom is -0.652 e. The first-order chi connectivity index (χ1) is 5.20. The molecule has 0 aromatic carbocycles. The Morgan fingerprint density at radius 1 is 0.571 bits per heavy atom. The maximum Gasteiger partial charge on any atom is 2.00 e. The average Bonchev–Trinajstić information content (AvgIpc) is 1.54. The maximum atomic E-state index is 8.33. The summed E-state index contributed by atoms with van der Waals surface area (Å²) >= 11 is 0. The van der Waals surface area contributed by atoms with Gasteiger partial charge in [-0.2, -0.15) is 0 Å². The van der Waals surface area contributed by atoms with Crippen molar-refractivity contribution < 1.29 is 66.1 Å². The number of hydrogen-bond acceptors (Lipinski definition) is 9. The molecule has 0 atom stereocenters. The van der Waals surface area contributed by atoms with E-state index in [0.29, 0.717) is 0 Å². The molecular formula is C3CaO9W-4. The summed E-state index contributed by atoms with van der Waals surface area (Å²) in [5, 5.41) is 50.0. The van der Waals surface area contributed by atoms with Crippen LogP contribution in [0.1, 0.15) is 0 Å². The van der Waals surface area contributed by atoms with E-state index >= 15 is 0 Å². The zero-order valence-electron chi connectivity index (χ0n) is 6.29. The van der Waals surface area contributed by atoms with Gasteiger partial charge in [0.1, 0.15) is 0 Å². The van der Waals surface area contributed by atoms with Crippen LogP contribution in [0.3, 0.4) is 0 Å². The fraction of sp³-hybridized carbons (Fsp3) is 0. The zero-order chi connectivity index (χ0) is 10.7. The van der Waals surface area contributed by atoms with Gasteiger partial charge in [-0.1, -0.05) is 0 Å². The van der Waals surface area contributed by atoms with Crippen molar-refractivity contribution in [2.45, 2.75) is 0 Å². The van der Waals surface area contributed by atoms with Crippen LogP contribution in [0.4, 0.5) is 14.4 Å². The number of hydrogen-bond donors (Lipinski definition) is 0. The molecule has 0 spiro atoms. The molecule has 11 heteroatoms. The van der Waals surface area contributed by atoms with Crippen LogP contribution in [0.15, 0.2) is 0 Å². The van der Waals surface area contributed by atoms with Gasteiger partial charge in [0.25, 0.3) is 0 Å². The average molecular weight is 404 g/mol. The number of rotatable bonds is 0. The number of carboxylic acid groups (broad SMARTS) is 6. The molecule has 0 N–H and O–H groups in total. The summed E-state index contributed by atoms with van der Waals surface area (Å²) in [6, 6.07) is 0. The van der Waals surface area contributed by atoms with Crippen molar-refractivity contribution in [1.82, 2.24) is 0 Å². The zero-order valence-corrected chi connectivity index (χ0v) is 11.4. The molecule has 0 aliphatic carbocycles. The molecule has 0 bridgehead atoms. The molecule has 14 heavy (non-hydrogen) atoms. The normalized spacial score (nSPS) is 5.14. The number of carbonyl (C=O) groups is 3. The Balaban J connectivity index is -0.0000000270. The van der Waals surface area contributed by atoms with Crippen LogP contribution >= 0.6 is 0 Å². The van der Waals surface area contributed by atoms with Crippen molar-refractivity contribution in [3.63, 3.8) is 0 Å². The van der Waals surface area contributed by atoms with Gasteiger partial charge in [0.2, 0.25) is 0 Å². The Hall–Kier alpha value is -0.242. The Morgan fingerprint density at radius 2 is 0.571 bits per heavy atom. The summed E-state index contributed by atoms with van der Waals surface area (Å²) in [5.41, 5.74) is 0. The second-order valence-corrected chi connectivity index (χ2v) is 0.750. The molecule has 0 heterocycles. The van der Waals surface area contributed by atoms with E-state index in [4.69, 9.17) is 45.0 Å². The molecule has 78 valence electrons. The molecule has 0 rings (SSSR count). The van der Waals surface area contributed by atoms with E-state index in [9.17, 15) is 0 Å². The van der Waals surface area contributed by atoms with Crippen molar-refractivity contribution in [3.05, 3.63) is 0 Å². The van der Waals surface area contributed by atoms with Crippen molar-refractivity contribution in [2.24, 2.45) is 0 Å². The predicted molar refractivity (Wildman–Crippen MR) is 21.9 cm³/mol. The van der Waals surface area contributed by atoms with Gasteiger partial charge in [0, 0.05) is 21.1 Å². The SMILES string of the molecule is O=C([O-])[O-].O=C([O-])[O-].O=C([O-])[O-].[Ca+2].[W]. The summed E-state index contributed by atoms with van der Waals surface area (Å²) in [4.78, 5) is 25.0. The van der Waals surface area contributed by atoms with Crippen LogP contribution in [0.5, 0.6) is 0 Å². The van der Waals surface area contributed by atoms with Gasteiger partial charge < -0.3 is 45.0 Å². The van der Waals surface area contributed by atoms with E-state index in [1.165, 1.54) is 0 Å². The number of carbonyl (C=O) groups excluding carboxylic acids is 3. The monoisotopic (exact) mass is 404 g/mol. The Bertz CT molecular complexity index is 118. The van der Waals surface area contributed by atoms with Crippen LogP contribution < -0.4 is 30.6 Å². The van der Waals surface area contributed by atoms with Gasteiger partial charge >= 0.3 is 37.7 Å². The van der Waals surface area contributed by atoms with Crippen molar-refractivity contribution in [2.75, 3.05) is 0 Å². The first-order valence-corrected chi connectivity index (χ1v) is 1.84. The molecule has 0 aliphatic heterocycles. The second-order valence-electron chi connectivity index (χ2n) is 0.750. The minimum absolute atomic E-state index is 0. The van der Waals surface area contributed by atoms with Crippen molar-refractivity contribution in [1.29, 1.82) is 0 Å². The quantitative estimate of drug-likeness (QED) is 0.353. The second kappa shape index (κ2) is 23.0. The van der Waals surface area contributed by atoms with E-state index in [1.54, 1.807) is 0 Å². The van der Waals surface area contributed by atoms with Gasteiger partial charge in [-0.15, -0.1) is 0 Å². The van der Waals surface area contributed by atoms with Crippen LogP contribution in [-0.2, 0) is 21.1 Å². The topological polar surface area (TPSA) is 190 Å². The predicted octanol–water partition coefficient (Wildman–Crippen LogP) is -7.72. The maximum absolute atomic E-state index is 8.33. The van der Waals surface area contributed by atoms with Crippen LogP contribution in [0.25, 0.3) is 0 Å². The third-order valence-electron chi connectivity index (χ3n) is 0. The summed E-state index contributed by atoms with van der Waals surface area (Å²) < 4.78 is 0. The summed E-state index contributed by atoms with van der Waals surface area (Å²) in [7, 11) is 0. The van der Waals surface area contributed by atoms with Gasteiger partial charge in [-0.25, -0.2) is 0 Å². The molecule has 9 nitrogen and oxygen atoms in total. The first-order valence-electron chi connectivity index (χ1n) is 1.84. The fourth-order valence-electron chi connectivity index (χ4n) is 0. The van der Waals surface area contributed by atoms with Crippen molar-refractivity contribution in [3.8, 4) is 0 Å². The molecule has 0 aromatic heterocycles. The smallest absolute Gasteiger partial charge is 0.652 e.